The first-order valence-corrected chi connectivity index (χ1v) is 7.10. The quantitative estimate of drug-likeness (QED) is 0.661. The Kier molecular flexibility index (Phi) is 7.63. The van der Waals surface area contributed by atoms with E-state index in [0.717, 1.165) is 23.5 Å². The standard InChI is InChI=1S/C13H19BrN2O.ClH/c14-12-6-1-7-13(16-12)17-9-3-5-11-4-2-8-15-10-11;/h1,6-7,11,15H,2-5,8-10H2;1H. The van der Waals surface area contributed by atoms with Crippen molar-refractivity contribution in [2.24, 2.45) is 5.92 Å². The summed E-state index contributed by atoms with van der Waals surface area (Å²) < 4.78 is 6.44. The second kappa shape index (κ2) is 8.73. The Labute approximate surface area is 123 Å². The van der Waals surface area contributed by atoms with Gasteiger partial charge in [-0.25, -0.2) is 4.98 Å². The summed E-state index contributed by atoms with van der Waals surface area (Å²) in [6, 6.07) is 5.74. The van der Waals surface area contributed by atoms with Gasteiger partial charge in [-0.1, -0.05) is 6.07 Å². The Hall–Kier alpha value is -0.320. The van der Waals surface area contributed by atoms with Gasteiger partial charge in [-0.2, -0.15) is 0 Å². The van der Waals surface area contributed by atoms with Gasteiger partial charge in [0.1, 0.15) is 4.60 Å². The van der Waals surface area contributed by atoms with Crippen LogP contribution in [0.5, 0.6) is 5.88 Å². The molecule has 18 heavy (non-hydrogen) atoms. The average Bonchev–Trinajstić information content (AvgIpc) is 2.36. The van der Waals surface area contributed by atoms with Gasteiger partial charge in [-0.3, -0.25) is 0 Å². The highest BCUT2D eigenvalue weighted by Gasteiger charge is 2.12. The van der Waals surface area contributed by atoms with E-state index >= 15 is 0 Å². The summed E-state index contributed by atoms with van der Waals surface area (Å²) in [5.74, 6) is 1.55. The van der Waals surface area contributed by atoms with Gasteiger partial charge in [0.05, 0.1) is 6.61 Å². The Morgan fingerprint density at radius 3 is 3.06 bits per heavy atom. The van der Waals surface area contributed by atoms with E-state index in [1.807, 2.05) is 18.2 Å². The molecule has 1 aliphatic heterocycles. The highest BCUT2D eigenvalue weighted by atomic mass is 79.9. The predicted molar refractivity (Wildman–Crippen MR) is 79.5 cm³/mol. The van der Waals surface area contributed by atoms with Crippen molar-refractivity contribution < 1.29 is 4.74 Å². The Bertz CT molecular complexity index is 346. The summed E-state index contributed by atoms with van der Waals surface area (Å²) in [7, 11) is 0. The van der Waals surface area contributed by atoms with Crippen molar-refractivity contribution >= 4 is 28.3 Å². The van der Waals surface area contributed by atoms with E-state index in [1.54, 1.807) is 0 Å². The van der Waals surface area contributed by atoms with Crippen LogP contribution in [0.2, 0.25) is 0 Å². The zero-order chi connectivity index (χ0) is 11.9. The minimum Gasteiger partial charge on any atom is -0.478 e. The van der Waals surface area contributed by atoms with Crippen LogP contribution >= 0.6 is 28.3 Å². The number of hydrogen-bond acceptors (Lipinski definition) is 3. The predicted octanol–water partition coefficient (Wildman–Crippen LogP) is 3.42. The van der Waals surface area contributed by atoms with Gasteiger partial charge in [-0.05, 0) is 66.7 Å². The molecule has 1 aromatic heterocycles. The molecule has 102 valence electrons. The molecular formula is C13H20BrClN2O. The molecule has 1 atom stereocenters. The lowest BCUT2D eigenvalue weighted by Gasteiger charge is -2.22. The number of rotatable bonds is 5. The summed E-state index contributed by atoms with van der Waals surface area (Å²) in [5, 5.41) is 3.44. The zero-order valence-electron chi connectivity index (χ0n) is 10.4. The molecule has 1 unspecified atom stereocenters. The monoisotopic (exact) mass is 334 g/mol. The van der Waals surface area contributed by atoms with E-state index in [1.165, 1.54) is 32.4 Å². The van der Waals surface area contributed by atoms with Gasteiger partial charge in [0.2, 0.25) is 5.88 Å². The van der Waals surface area contributed by atoms with E-state index in [4.69, 9.17) is 4.74 Å². The Morgan fingerprint density at radius 2 is 2.33 bits per heavy atom. The number of halogens is 2. The molecule has 0 saturated carbocycles. The molecule has 2 heterocycles. The normalized spacial score (nSPS) is 19.1. The van der Waals surface area contributed by atoms with E-state index in [0.29, 0.717) is 5.88 Å². The summed E-state index contributed by atoms with van der Waals surface area (Å²) >= 11 is 3.33. The Morgan fingerprint density at radius 1 is 1.44 bits per heavy atom. The van der Waals surface area contributed by atoms with E-state index in [-0.39, 0.29) is 12.4 Å². The zero-order valence-corrected chi connectivity index (χ0v) is 12.8. The van der Waals surface area contributed by atoms with Crippen molar-refractivity contribution in [1.82, 2.24) is 10.3 Å². The number of nitrogens with zero attached hydrogens (tertiary/aromatic N) is 1. The third-order valence-corrected chi connectivity index (χ3v) is 3.54. The number of aromatic nitrogens is 1. The minimum absolute atomic E-state index is 0. The molecule has 1 aliphatic rings. The van der Waals surface area contributed by atoms with Crippen LogP contribution in [0.4, 0.5) is 0 Å². The van der Waals surface area contributed by atoms with Gasteiger partial charge in [0.25, 0.3) is 0 Å². The van der Waals surface area contributed by atoms with Crippen molar-refractivity contribution in [2.75, 3.05) is 19.7 Å². The second-order valence-electron chi connectivity index (χ2n) is 4.50. The van der Waals surface area contributed by atoms with Gasteiger partial charge in [0, 0.05) is 6.07 Å². The lowest BCUT2D eigenvalue weighted by Crippen LogP contribution is -2.29. The van der Waals surface area contributed by atoms with Crippen molar-refractivity contribution in [2.45, 2.75) is 25.7 Å². The highest BCUT2D eigenvalue weighted by molar-refractivity contribution is 9.10. The Balaban J connectivity index is 0.00000162. The number of ether oxygens (including phenoxy) is 1. The molecule has 5 heteroatoms. The van der Waals surface area contributed by atoms with Crippen LogP contribution in [0.3, 0.4) is 0 Å². The van der Waals surface area contributed by atoms with Gasteiger partial charge in [0.15, 0.2) is 0 Å². The maximum Gasteiger partial charge on any atom is 0.214 e. The lowest BCUT2D eigenvalue weighted by molar-refractivity contribution is 0.268. The topological polar surface area (TPSA) is 34.1 Å². The minimum atomic E-state index is 0. The summed E-state index contributed by atoms with van der Waals surface area (Å²) in [5.41, 5.74) is 0. The van der Waals surface area contributed by atoms with Crippen LogP contribution in [0.1, 0.15) is 25.7 Å². The largest absolute Gasteiger partial charge is 0.478 e. The molecule has 0 radical (unpaired) electrons. The van der Waals surface area contributed by atoms with Gasteiger partial charge < -0.3 is 10.1 Å². The summed E-state index contributed by atoms with van der Waals surface area (Å²) in [4.78, 5) is 4.24. The molecule has 0 aliphatic carbocycles. The lowest BCUT2D eigenvalue weighted by atomic mass is 9.95. The van der Waals surface area contributed by atoms with Crippen LogP contribution in [0.25, 0.3) is 0 Å². The van der Waals surface area contributed by atoms with Crippen molar-refractivity contribution in [3.63, 3.8) is 0 Å². The number of piperidine rings is 1. The number of hydrogen-bond donors (Lipinski definition) is 1. The van der Waals surface area contributed by atoms with Crippen LogP contribution in [0, 0.1) is 5.92 Å². The first-order chi connectivity index (χ1) is 8.34. The van der Waals surface area contributed by atoms with Crippen molar-refractivity contribution in [3.05, 3.63) is 22.8 Å². The van der Waals surface area contributed by atoms with E-state index in [9.17, 15) is 0 Å². The fourth-order valence-corrected chi connectivity index (χ4v) is 2.52. The van der Waals surface area contributed by atoms with E-state index < -0.39 is 0 Å². The van der Waals surface area contributed by atoms with Gasteiger partial charge in [-0.15, -0.1) is 12.4 Å². The molecule has 0 spiro atoms. The fraction of sp³-hybridized carbons (Fsp3) is 0.615. The second-order valence-corrected chi connectivity index (χ2v) is 5.31. The molecule has 0 amide bonds. The molecular weight excluding hydrogens is 316 g/mol. The SMILES string of the molecule is Brc1cccc(OCCCC2CCCNC2)n1.Cl. The van der Waals surface area contributed by atoms with Crippen LogP contribution in [-0.2, 0) is 0 Å². The van der Waals surface area contributed by atoms with Gasteiger partial charge >= 0.3 is 0 Å². The van der Waals surface area contributed by atoms with E-state index in [2.05, 4.69) is 26.2 Å². The summed E-state index contributed by atoms with van der Waals surface area (Å²) in [6.45, 7) is 3.13. The molecule has 0 aromatic carbocycles. The van der Waals surface area contributed by atoms with Crippen molar-refractivity contribution in [3.8, 4) is 5.88 Å². The molecule has 1 N–H and O–H groups in total. The first kappa shape index (κ1) is 15.7. The third-order valence-electron chi connectivity index (χ3n) is 3.10. The van der Waals surface area contributed by atoms with Crippen molar-refractivity contribution in [1.29, 1.82) is 0 Å². The molecule has 1 saturated heterocycles. The molecule has 2 rings (SSSR count). The third kappa shape index (κ3) is 5.55. The molecule has 1 fully saturated rings. The number of pyridine rings is 1. The van der Waals surface area contributed by atoms with Crippen LogP contribution in [0.15, 0.2) is 22.8 Å². The maximum absolute atomic E-state index is 5.62. The number of nitrogens with one attached hydrogen (secondary N) is 1. The summed E-state index contributed by atoms with van der Waals surface area (Å²) in [6.07, 6.45) is 5.04. The fourth-order valence-electron chi connectivity index (χ4n) is 2.19. The highest BCUT2D eigenvalue weighted by Crippen LogP contribution is 2.17. The average molecular weight is 336 g/mol. The smallest absolute Gasteiger partial charge is 0.214 e. The van der Waals surface area contributed by atoms with Crippen LogP contribution < -0.4 is 10.1 Å². The van der Waals surface area contributed by atoms with Crippen LogP contribution in [-0.4, -0.2) is 24.7 Å². The first-order valence-electron chi connectivity index (χ1n) is 6.30. The molecule has 1 aromatic rings. The molecule has 0 bridgehead atoms. The molecule has 3 nitrogen and oxygen atoms in total. The maximum atomic E-state index is 5.62.